The fourth-order valence-electron chi connectivity index (χ4n) is 5.24. The molecule has 0 heterocycles. The molecule has 0 aliphatic heterocycles. The molecule has 0 radical (unpaired) electrons. The Morgan fingerprint density at radius 3 is 2.10 bits per heavy atom. The maximum atomic E-state index is 13.8. The van der Waals surface area contributed by atoms with Gasteiger partial charge in [0.15, 0.2) is 5.78 Å². The standard InChI is InChI=1S/C32H52N4O6/c1-11-18-36(27(37)19-26(41-9)29(21(3)12-2)35(8)28(38)20-33-7)24(6)31(42-10)22(4)32(40)34-23(5)30(39)25-16-14-13-15-17-25/h13-17,22-24,26,29,31,33H,3,11-12,18-20H2,1-2,4-10H3,(H,34,40). The summed E-state index contributed by atoms with van der Waals surface area (Å²) in [4.78, 5) is 55.9. The molecule has 0 aromatic heterocycles. The molecule has 0 bridgehead atoms. The van der Waals surface area contributed by atoms with Gasteiger partial charge in [-0.2, -0.15) is 0 Å². The molecule has 3 amide bonds. The zero-order chi connectivity index (χ0) is 32.0. The highest BCUT2D eigenvalue weighted by Crippen LogP contribution is 2.23. The van der Waals surface area contributed by atoms with Gasteiger partial charge in [-0.05, 0) is 33.7 Å². The van der Waals surface area contributed by atoms with Gasteiger partial charge in [-0.3, -0.25) is 19.2 Å². The number of likely N-dealkylation sites (N-methyl/N-ethyl adjacent to an activating group) is 2. The predicted molar refractivity (Wildman–Crippen MR) is 165 cm³/mol. The second-order valence-corrected chi connectivity index (χ2v) is 10.7. The van der Waals surface area contributed by atoms with Crippen molar-refractivity contribution in [2.45, 2.75) is 84.2 Å². The Morgan fingerprint density at radius 1 is 0.976 bits per heavy atom. The van der Waals surface area contributed by atoms with Gasteiger partial charge in [-0.1, -0.05) is 63.3 Å². The van der Waals surface area contributed by atoms with Gasteiger partial charge in [0, 0.05) is 33.4 Å². The molecule has 0 saturated heterocycles. The van der Waals surface area contributed by atoms with Gasteiger partial charge >= 0.3 is 0 Å². The van der Waals surface area contributed by atoms with E-state index in [1.54, 1.807) is 62.0 Å². The van der Waals surface area contributed by atoms with Crippen molar-refractivity contribution in [2.75, 3.05) is 41.4 Å². The zero-order valence-electron chi connectivity index (χ0n) is 26.9. The van der Waals surface area contributed by atoms with Crippen LogP contribution in [0.2, 0.25) is 0 Å². The van der Waals surface area contributed by atoms with Crippen LogP contribution in [0.25, 0.3) is 0 Å². The summed E-state index contributed by atoms with van der Waals surface area (Å²) in [6.07, 6.45) is 0.0742. The Kier molecular flexibility index (Phi) is 16.2. The van der Waals surface area contributed by atoms with Gasteiger partial charge in [0.1, 0.15) is 0 Å². The van der Waals surface area contributed by atoms with Crippen LogP contribution in [0.4, 0.5) is 0 Å². The van der Waals surface area contributed by atoms with Crippen LogP contribution in [-0.4, -0.2) is 105 Å². The maximum absolute atomic E-state index is 13.8. The molecule has 0 aliphatic rings. The lowest BCUT2D eigenvalue weighted by atomic mass is 9.93. The van der Waals surface area contributed by atoms with Crippen LogP contribution < -0.4 is 10.6 Å². The minimum absolute atomic E-state index is 0.0152. The van der Waals surface area contributed by atoms with Crippen LogP contribution in [0.3, 0.4) is 0 Å². The van der Waals surface area contributed by atoms with E-state index in [9.17, 15) is 19.2 Å². The van der Waals surface area contributed by atoms with Crippen molar-refractivity contribution in [1.29, 1.82) is 0 Å². The summed E-state index contributed by atoms with van der Waals surface area (Å²) in [5.41, 5.74) is 1.31. The molecule has 1 aromatic rings. The van der Waals surface area contributed by atoms with Gasteiger partial charge in [-0.25, -0.2) is 0 Å². The summed E-state index contributed by atoms with van der Waals surface area (Å²) >= 11 is 0. The number of rotatable bonds is 19. The van der Waals surface area contributed by atoms with Crippen molar-refractivity contribution >= 4 is 23.5 Å². The molecule has 6 atom stereocenters. The van der Waals surface area contributed by atoms with Crippen LogP contribution in [0.15, 0.2) is 42.5 Å². The molecule has 1 aromatic carbocycles. The third kappa shape index (κ3) is 10.0. The lowest BCUT2D eigenvalue weighted by molar-refractivity contribution is -0.145. The van der Waals surface area contributed by atoms with E-state index in [4.69, 9.17) is 9.47 Å². The second-order valence-electron chi connectivity index (χ2n) is 10.7. The lowest BCUT2D eigenvalue weighted by Crippen LogP contribution is -2.54. The van der Waals surface area contributed by atoms with Crippen LogP contribution in [0.1, 0.15) is 64.2 Å². The normalized spacial score (nSPS) is 15.5. The van der Waals surface area contributed by atoms with Crippen molar-refractivity contribution in [3.8, 4) is 0 Å². The number of hydrogen-bond acceptors (Lipinski definition) is 7. The van der Waals surface area contributed by atoms with Crippen molar-refractivity contribution < 1.29 is 28.7 Å². The highest BCUT2D eigenvalue weighted by molar-refractivity contribution is 6.01. The first-order valence-corrected chi connectivity index (χ1v) is 14.7. The molecule has 42 heavy (non-hydrogen) atoms. The monoisotopic (exact) mass is 588 g/mol. The number of ketones is 1. The van der Waals surface area contributed by atoms with E-state index >= 15 is 0 Å². The number of ether oxygens (including phenoxy) is 2. The SMILES string of the molecule is C=C(CC)C(C(CC(=O)N(CCC)C(C)C(OC)C(C)C(=O)NC(C)C(=O)c1ccccc1)OC)N(C)C(=O)CNC. The summed E-state index contributed by atoms with van der Waals surface area (Å²) in [6.45, 7) is 13.9. The highest BCUT2D eigenvalue weighted by atomic mass is 16.5. The Morgan fingerprint density at radius 2 is 1.60 bits per heavy atom. The molecule has 0 spiro atoms. The quantitative estimate of drug-likeness (QED) is 0.188. The first-order chi connectivity index (χ1) is 19.9. The summed E-state index contributed by atoms with van der Waals surface area (Å²) in [7, 11) is 6.44. The Bertz CT molecular complexity index is 1030. The molecule has 2 N–H and O–H groups in total. The van der Waals surface area contributed by atoms with Crippen molar-refractivity contribution in [3.63, 3.8) is 0 Å². The number of amides is 3. The average Bonchev–Trinajstić information content (AvgIpc) is 2.99. The predicted octanol–water partition coefficient (Wildman–Crippen LogP) is 3.07. The number of nitrogens with zero attached hydrogens (tertiary/aromatic N) is 2. The average molecular weight is 589 g/mol. The lowest BCUT2D eigenvalue weighted by Gasteiger charge is -2.39. The first-order valence-electron chi connectivity index (χ1n) is 14.7. The van der Waals surface area contributed by atoms with E-state index in [1.807, 2.05) is 26.8 Å². The van der Waals surface area contributed by atoms with Crippen LogP contribution in [0, 0.1) is 5.92 Å². The van der Waals surface area contributed by atoms with Crippen molar-refractivity contribution in [1.82, 2.24) is 20.4 Å². The van der Waals surface area contributed by atoms with E-state index in [1.165, 1.54) is 14.2 Å². The summed E-state index contributed by atoms with van der Waals surface area (Å²) in [5, 5.41) is 5.68. The molecule has 236 valence electrons. The van der Waals surface area contributed by atoms with E-state index in [0.29, 0.717) is 24.9 Å². The van der Waals surface area contributed by atoms with Gasteiger partial charge < -0.3 is 29.9 Å². The molecule has 1 rings (SSSR count). The number of nitrogens with one attached hydrogen (secondary N) is 2. The molecule has 0 fully saturated rings. The van der Waals surface area contributed by atoms with E-state index in [0.717, 1.165) is 5.57 Å². The molecule has 10 nitrogen and oxygen atoms in total. The molecule has 0 aliphatic carbocycles. The number of carbonyl (C=O) groups is 4. The third-order valence-electron chi connectivity index (χ3n) is 7.78. The van der Waals surface area contributed by atoms with E-state index in [2.05, 4.69) is 17.2 Å². The number of methoxy groups -OCH3 is 2. The largest absolute Gasteiger partial charge is 0.379 e. The smallest absolute Gasteiger partial charge is 0.236 e. The molecular formula is C32H52N4O6. The van der Waals surface area contributed by atoms with E-state index < -0.39 is 36.3 Å². The Balaban J connectivity index is 3.13. The molecule has 0 saturated carbocycles. The number of benzene rings is 1. The summed E-state index contributed by atoms with van der Waals surface area (Å²) in [5.74, 6) is -1.49. The highest BCUT2D eigenvalue weighted by Gasteiger charge is 2.37. The Hall–Kier alpha value is -3.08. The number of hydrogen-bond donors (Lipinski definition) is 2. The first kappa shape index (κ1) is 36.9. The Labute approximate surface area is 252 Å². The topological polar surface area (TPSA) is 117 Å². The minimum atomic E-state index is -0.725. The number of carbonyl (C=O) groups excluding carboxylic acids is 4. The van der Waals surface area contributed by atoms with Crippen LogP contribution in [0.5, 0.6) is 0 Å². The van der Waals surface area contributed by atoms with Crippen molar-refractivity contribution in [3.05, 3.63) is 48.0 Å². The molecular weight excluding hydrogens is 536 g/mol. The summed E-state index contributed by atoms with van der Waals surface area (Å²) in [6, 6.07) is 7.13. The zero-order valence-corrected chi connectivity index (χ0v) is 26.9. The fraction of sp³-hybridized carbons (Fsp3) is 0.625. The van der Waals surface area contributed by atoms with Gasteiger partial charge in [-0.15, -0.1) is 0 Å². The van der Waals surface area contributed by atoms with E-state index in [-0.39, 0.29) is 36.5 Å². The fourth-order valence-corrected chi connectivity index (χ4v) is 5.24. The van der Waals surface area contributed by atoms with Crippen LogP contribution >= 0.6 is 0 Å². The van der Waals surface area contributed by atoms with Gasteiger partial charge in [0.25, 0.3) is 0 Å². The van der Waals surface area contributed by atoms with Crippen molar-refractivity contribution in [2.24, 2.45) is 5.92 Å². The number of Topliss-reactive ketones (excluding diaryl/α,β-unsaturated/α-hetero) is 1. The van der Waals surface area contributed by atoms with Gasteiger partial charge in [0.05, 0.1) is 49.2 Å². The molecule has 10 heteroatoms. The third-order valence-corrected chi connectivity index (χ3v) is 7.78. The van der Waals surface area contributed by atoms with Crippen LogP contribution in [-0.2, 0) is 23.9 Å². The second kappa shape index (κ2) is 18.5. The summed E-state index contributed by atoms with van der Waals surface area (Å²) < 4.78 is 11.6. The van der Waals surface area contributed by atoms with Gasteiger partial charge in [0.2, 0.25) is 17.7 Å². The maximum Gasteiger partial charge on any atom is 0.236 e. The molecule has 6 unspecified atom stereocenters. The minimum Gasteiger partial charge on any atom is -0.379 e.